The Morgan fingerprint density at radius 1 is 1.41 bits per heavy atom. The number of hydrogen-bond donors (Lipinski definition) is 1. The second-order valence-corrected chi connectivity index (χ2v) is 5.65. The van der Waals surface area contributed by atoms with Crippen LogP contribution in [0.25, 0.3) is 0 Å². The molecule has 1 N–H and O–H groups in total. The summed E-state index contributed by atoms with van der Waals surface area (Å²) in [4.78, 5) is 19.8. The van der Waals surface area contributed by atoms with E-state index in [9.17, 15) is 4.79 Å². The number of anilines is 2. The summed E-state index contributed by atoms with van der Waals surface area (Å²) in [6.45, 7) is 6.06. The van der Waals surface area contributed by atoms with Crippen LogP contribution in [0.4, 0.5) is 11.8 Å². The summed E-state index contributed by atoms with van der Waals surface area (Å²) >= 11 is 0. The van der Waals surface area contributed by atoms with E-state index in [1.54, 1.807) is 13.1 Å². The number of nitrogens with zero attached hydrogens (tertiary/aromatic N) is 5. The van der Waals surface area contributed by atoms with Crippen LogP contribution in [0, 0.1) is 0 Å². The fourth-order valence-corrected chi connectivity index (χ4v) is 2.76. The number of piperazine rings is 1. The van der Waals surface area contributed by atoms with E-state index in [1.165, 1.54) is 0 Å². The number of amides is 1. The van der Waals surface area contributed by atoms with E-state index in [2.05, 4.69) is 25.4 Å². The van der Waals surface area contributed by atoms with Crippen molar-refractivity contribution in [3.63, 3.8) is 0 Å². The summed E-state index contributed by atoms with van der Waals surface area (Å²) in [7, 11) is 0. The summed E-state index contributed by atoms with van der Waals surface area (Å²) in [6, 6.07) is 0. The van der Waals surface area contributed by atoms with E-state index in [0.29, 0.717) is 19.0 Å². The molecule has 0 bridgehead atoms. The zero-order chi connectivity index (χ0) is 15.4. The maximum Gasteiger partial charge on any atom is 0.247 e. The van der Waals surface area contributed by atoms with Crippen LogP contribution >= 0.6 is 0 Å². The molecule has 2 aliphatic heterocycles. The van der Waals surface area contributed by atoms with E-state index in [0.717, 1.165) is 44.9 Å². The second-order valence-electron chi connectivity index (χ2n) is 5.65. The molecule has 120 valence electrons. The fraction of sp³-hybridized carbons (Fsp3) is 0.714. The van der Waals surface area contributed by atoms with Crippen LogP contribution in [-0.4, -0.2) is 71.4 Å². The molecule has 0 saturated carbocycles. The van der Waals surface area contributed by atoms with Crippen LogP contribution in [-0.2, 0) is 9.53 Å². The fourth-order valence-electron chi connectivity index (χ4n) is 2.76. The quantitative estimate of drug-likeness (QED) is 0.846. The van der Waals surface area contributed by atoms with Crippen molar-refractivity contribution in [2.45, 2.75) is 25.9 Å². The molecule has 8 nitrogen and oxygen atoms in total. The van der Waals surface area contributed by atoms with Crippen molar-refractivity contribution in [2.24, 2.45) is 0 Å². The Bertz CT molecular complexity index is 512. The standard InChI is InChI=1S/C14H22N6O2/c1-11(21)19-4-6-20(7-5-19)14-17-13(10-16-18-14)15-9-12-3-2-8-22-12/h10,12H,2-9H2,1H3,(H,15,17,18). The van der Waals surface area contributed by atoms with Crippen molar-refractivity contribution in [1.29, 1.82) is 0 Å². The Morgan fingerprint density at radius 2 is 2.23 bits per heavy atom. The SMILES string of the molecule is CC(=O)N1CCN(c2nncc(NCC3CCCO3)n2)CC1. The first-order chi connectivity index (χ1) is 10.7. The molecule has 1 aromatic heterocycles. The van der Waals surface area contributed by atoms with Gasteiger partial charge in [0.15, 0.2) is 5.82 Å². The largest absolute Gasteiger partial charge is 0.376 e. The van der Waals surface area contributed by atoms with Crippen LogP contribution in [0.2, 0.25) is 0 Å². The van der Waals surface area contributed by atoms with Crippen LogP contribution in [0.5, 0.6) is 0 Å². The second kappa shape index (κ2) is 6.87. The summed E-state index contributed by atoms with van der Waals surface area (Å²) in [5.41, 5.74) is 0. The Kier molecular flexibility index (Phi) is 4.67. The molecule has 1 unspecified atom stereocenters. The number of carbonyl (C=O) groups is 1. The van der Waals surface area contributed by atoms with E-state index < -0.39 is 0 Å². The minimum atomic E-state index is 0.116. The lowest BCUT2D eigenvalue weighted by atomic mass is 10.2. The number of hydrogen-bond acceptors (Lipinski definition) is 7. The topological polar surface area (TPSA) is 83.5 Å². The normalized spacial score (nSPS) is 22.0. The van der Waals surface area contributed by atoms with Gasteiger partial charge in [-0.25, -0.2) is 0 Å². The van der Waals surface area contributed by atoms with E-state index in [-0.39, 0.29) is 12.0 Å². The van der Waals surface area contributed by atoms with Gasteiger partial charge >= 0.3 is 0 Å². The van der Waals surface area contributed by atoms with Crippen LogP contribution < -0.4 is 10.2 Å². The maximum absolute atomic E-state index is 11.3. The monoisotopic (exact) mass is 306 g/mol. The third-order valence-corrected chi connectivity index (χ3v) is 4.09. The smallest absolute Gasteiger partial charge is 0.247 e. The highest BCUT2D eigenvalue weighted by atomic mass is 16.5. The molecule has 22 heavy (non-hydrogen) atoms. The van der Waals surface area contributed by atoms with Gasteiger partial charge in [0.25, 0.3) is 0 Å². The zero-order valence-electron chi connectivity index (χ0n) is 12.9. The molecular formula is C14H22N6O2. The van der Waals surface area contributed by atoms with Gasteiger partial charge in [-0.2, -0.15) is 10.1 Å². The first kappa shape index (κ1) is 15.0. The van der Waals surface area contributed by atoms with Crippen LogP contribution in [0.3, 0.4) is 0 Å². The predicted molar refractivity (Wildman–Crippen MR) is 81.8 cm³/mol. The Hall–Kier alpha value is -1.96. The average Bonchev–Trinajstić information content (AvgIpc) is 3.07. The van der Waals surface area contributed by atoms with Gasteiger partial charge in [-0.05, 0) is 12.8 Å². The van der Waals surface area contributed by atoms with Gasteiger partial charge in [0.2, 0.25) is 11.9 Å². The van der Waals surface area contributed by atoms with Crippen LogP contribution in [0.1, 0.15) is 19.8 Å². The molecule has 2 fully saturated rings. The first-order valence-corrected chi connectivity index (χ1v) is 7.78. The highest BCUT2D eigenvalue weighted by Crippen LogP contribution is 2.15. The lowest BCUT2D eigenvalue weighted by Crippen LogP contribution is -2.48. The van der Waals surface area contributed by atoms with Crippen molar-refractivity contribution in [3.05, 3.63) is 6.20 Å². The Labute approximate surface area is 129 Å². The number of aromatic nitrogens is 3. The minimum Gasteiger partial charge on any atom is -0.376 e. The lowest BCUT2D eigenvalue weighted by Gasteiger charge is -2.33. The molecule has 2 saturated heterocycles. The Balaban J connectivity index is 1.55. The van der Waals surface area contributed by atoms with E-state index >= 15 is 0 Å². The molecule has 0 aromatic carbocycles. The van der Waals surface area contributed by atoms with Crippen molar-refractivity contribution < 1.29 is 9.53 Å². The number of rotatable bonds is 4. The summed E-state index contributed by atoms with van der Waals surface area (Å²) in [5.74, 6) is 1.45. The van der Waals surface area contributed by atoms with Crippen molar-refractivity contribution in [3.8, 4) is 0 Å². The zero-order valence-corrected chi connectivity index (χ0v) is 12.9. The van der Waals surface area contributed by atoms with Gasteiger partial charge in [-0.3, -0.25) is 4.79 Å². The average molecular weight is 306 g/mol. The van der Waals surface area contributed by atoms with Gasteiger partial charge in [0.1, 0.15) is 0 Å². The number of nitrogens with one attached hydrogen (secondary N) is 1. The number of carbonyl (C=O) groups excluding carboxylic acids is 1. The molecule has 0 aliphatic carbocycles. The first-order valence-electron chi connectivity index (χ1n) is 7.78. The van der Waals surface area contributed by atoms with Crippen molar-refractivity contribution >= 4 is 17.7 Å². The third-order valence-electron chi connectivity index (χ3n) is 4.09. The highest BCUT2D eigenvalue weighted by molar-refractivity contribution is 5.73. The molecular weight excluding hydrogens is 284 g/mol. The summed E-state index contributed by atoms with van der Waals surface area (Å²) in [6.07, 6.45) is 4.10. The summed E-state index contributed by atoms with van der Waals surface area (Å²) in [5, 5.41) is 11.4. The van der Waals surface area contributed by atoms with Gasteiger partial charge in [0.05, 0.1) is 12.3 Å². The predicted octanol–water partition coefficient (Wildman–Crippen LogP) is 0.131. The third kappa shape index (κ3) is 3.62. The highest BCUT2D eigenvalue weighted by Gasteiger charge is 2.21. The molecule has 2 aliphatic rings. The van der Waals surface area contributed by atoms with Gasteiger partial charge in [-0.15, -0.1) is 5.10 Å². The maximum atomic E-state index is 11.3. The molecule has 0 radical (unpaired) electrons. The molecule has 1 amide bonds. The van der Waals surface area contributed by atoms with Gasteiger partial charge in [-0.1, -0.05) is 0 Å². The van der Waals surface area contributed by atoms with Crippen molar-refractivity contribution in [2.75, 3.05) is 49.5 Å². The van der Waals surface area contributed by atoms with Gasteiger partial charge in [0, 0.05) is 46.3 Å². The molecule has 3 rings (SSSR count). The lowest BCUT2D eigenvalue weighted by molar-refractivity contribution is -0.129. The number of ether oxygens (including phenoxy) is 1. The molecule has 8 heteroatoms. The summed E-state index contributed by atoms with van der Waals surface area (Å²) < 4.78 is 5.58. The molecule has 1 aromatic rings. The van der Waals surface area contributed by atoms with Gasteiger partial charge < -0.3 is 19.9 Å². The Morgan fingerprint density at radius 3 is 2.91 bits per heavy atom. The van der Waals surface area contributed by atoms with E-state index in [1.807, 2.05) is 4.90 Å². The molecule has 0 spiro atoms. The minimum absolute atomic E-state index is 0.116. The van der Waals surface area contributed by atoms with Crippen LogP contribution in [0.15, 0.2) is 6.20 Å². The van der Waals surface area contributed by atoms with Crippen molar-refractivity contribution in [1.82, 2.24) is 20.1 Å². The molecule has 3 heterocycles. The van der Waals surface area contributed by atoms with E-state index in [4.69, 9.17) is 4.74 Å². The molecule has 1 atom stereocenters.